The molecule has 0 radical (unpaired) electrons. The molecule has 0 saturated carbocycles. The Labute approximate surface area is 318 Å². The number of fused-ring (bicyclic) bond motifs is 2. The van der Waals surface area contributed by atoms with Crippen molar-refractivity contribution in [3.05, 3.63) is 129 Å². The molecular weight excluding hydrogens is 849 g/mol. The first kappa shape index (κ1) is 38.5. The number of nitrogens with one attached hydrogen (secondary N) is 2. The summed E-state index contributed by atoms with van der Waals surface area (Å²) >= 11 is -6.06. The van der Waals surface area contributed by atoms with Crippen LogP contribution in [0.5, 0.6) is 0 Å². The third-order valence-electron chi connectivity index (χ3n) is 11.1. The van der Waals surface area contributed by atoms with E-state index in [9.17, 15) is 9.59 Å². The molecule has 0 fully saturated rings. The number of amides is 2. The van der Waals surface area contributed by atoms with E-state index in [1.807, 2.05) is 0 Å². The van der Waals surface area contributed by atoms with Gasteiger partial charge < -0.3 is 0 Å². The Bertz CT molecular complexity index is 1910. The molecule has 0 aromatic heterocycles. The van der Waals surface area contributed by atoms with Crippen LogP contribution in [0.1, 0.15) is 95.1 Å². The summed E-state index contributed by atoms with van der Waals surface area (Å²) in [5.41, 5.74) is 14.0. The van der Waals surface area contributed by atoms with Gasteiger partial charge in [0.2, 0.25) is 0 Å². The van der Waals surface area contributed by atoms with Crippen molar-refractivity contribution in [3.8, 4) is 22.3 Å². The summed E-state index contributed by atoms with van der Waals surface area (Å²) in [7, 11) is 17.4. The van der Waals surface area contributed by atoms with E-state index in [-0.39, 0.29) is 7.35 Å². The van der Waals surface area contributed by atoms with Crippen LogP contribution >= 0.6 is 17.2 Å². The molecule has 0 bridgehead atoms. The minimum atomic E-state index is -6.06. The maximum absolute atomic E-state index is 12.6. The number of aryl methyl sites for hydroxylation is 2. The molecule has 6 rings (SSSR count). The van der Waals surface area contributed by atoms with Gasteiger partial charge >= 0.3 is 321 Å². The van der Waals surface area contributed by atoms with E-state index in [1.54, 1.807) is 0 Å². The first-order valence-electron chi connectivity index (χ1n) is 18.8. The van der Waals surface area contributed by atoms with Crippen molar-refractivity contribution in [2.75, 3.05) is 0 Å². The van der Waals surface area contributed by atoms with Gasteiger partial charge in [0.1, 0.15) is 0 Å². The van der Waals surface area contributed by atoms with E-state index >= 15 is 0 Å². The van der Waals surface area contributed by atoms with Crippen LogP contribution in [0.4, 0.5) is 0 Å². The average molecular weight is 899 g/mol. The summed E-state index contributed by atoms with van der Waals surface area (Å²) < 4.78 is -1.70. The molecule has 4 nitrogen and oxygen atoms in total. The normalized spacial score (nSPS) is 17.2. The third kappa shape index (κ3) is 6.73. The molecule has 2 aliphatic rings. The van der Waals surface area contributed by atoms with Crippen LogP contribution in [0.2, 0.25) is 0 Å². The summed E-state index contributed by atoms with van der Waals surface area (Å²) in [5.74, 6) is 0.637. The second-order valence-electron chi connectivity index (χ2n) is 15.4. The number of carbonyl (C=O) groups excluding carboxylic acids is 2. The Morgan fingerprint density at radius 1 is 0.615 bits per heavy atom. The first-order valence-corrected chi connectivity index (χ1v) is 33.9. The molecule has 269 valence electrons. The molecule has 2 atom stereocenters. The minimum absolute atomic E-state index is 0.318. The second kappa shape index (κ2) is 15.7. The summed E-state index contributed by atoms with van der Waals surface area (Å²) in [6.07, 6.45) is 9.32. The van der Waals surface area contributed by atoms with Gasteiger partial charge in [-0.25, -0.2) is 0 Å². The SMILES string of the molecule is CCc1ccccc1-c1cccc2c1C=C(CC(C)C)[CH]2[Hf]([Cl])([Cl])([B](NC=O)NC=O)[CH]1C(CC(C)C)=Cc2c(-c3ccccc3CC)cccc21. The van der Waals surface area contributed by atoms with E-state index < -0.39 is 20.5 Å². The molecule has 2 amide bonds. The van der Waals surface area contributed by atoms with Crippen LogP contribution in [0, 0.1) is 11.8 Å². The quantitative estimate of drug-likeness (QED) is 0.0923. The van der Waals surface area contributed by atoms with E-state index in [0.717, 1.165) is 59.1 Å². The van der Waals surface area contributed by atoms with Crippen molar-refractivity contribution in [3.63, 3.8) is 0 Å². The van der Waals surface area contributed by atoms with Gasteiger partial charge in [-0.2, -0.15) is 0 Å². The standard InChI is InChI=1S/2C21H23.C2H3BN2O2.2ClH.Hf/c2*1-4-17-8-5-6-10-19(17)20-11-7-9-18-13-16(12-15(2)3)14-21(18)20;6-1-4-3-5-2-7;;;/h2*5-11,13-15H,4,12H2,1-3H3;1-2H,(H-,4,5,6,7);2*1H;/q;;;;;+1/p-1. The molecule has 2 aliphatic carbocycles. The molecule has 8 heteroatoms. The third-order valence-corrected chi connectivity index (χ3v) is 39.8. The van der Waals surface area contributed by atoms with E-state index in [0.29, 0.717) is 24.7 Å². The number of rotatable bonds is 15. The molecule has 4 aromatic rings. The molecule has 0 heterocycles. The van der Waals surface area contributed by atoms with Gasteiger partial charge in [0, 0.05) is 0 Å². The molecule has 4 aromatic carbocycles. The zero-order valence-corrected chi connectivity index (χ0v) is 36.3. The van der Waals surface area contributed by atoms with Crippen LogP contribution in [-0.4, -0.2) is 17.4 Å². The van der Waals surface area contributed by atoms with Gasteiger partial charge in [0.25, 0.3) is 0 Å². The second-order valence-corrected chi connectivity index (χ2v) is 45.8. The molecule has 2 N–H and O–H groups in total. The van der Waals surface area contributed by atoms with Crippen LogP contribution in [0.3, 0.4) is 0 Å². The van der Waals surface area contributed by atoms with E-state index in [4.69, 9.17) is 17.2 Å². The molecule has 0 aliphatic heterocycles. The molecular formula is C44H50BCl2HfN2O2. The van der Waals surface area contributed by atoms with Crippen LogP contribution in [0.25, 0.3) is 34.4 Å². The van der Waals surface area contributed by atoms with Crippen LogP contribution in [0.15, 0.2) is 96.1 Å². The van der Waals surface area contributed by atoms with E-state index in [2.05, 4.69) is 149 Å². The number of hydrogen-bond acceptors (Lipinski definition) is 2. The molecule has 2 unspecified atom stereocenters. The monoisotopic (exact) mass is 899 g/mol. The number of carbonyl (C=O) groups is 2. The predicted molar refractivity (Wildman–Crippen MR) is 219 cm³/mol. The van der Waals surface area contributed by atoms with Gasteiger partial charge in [-0.05, 0) is 0 Å². The zero-order chi connectivity index (χ0) is 37.2. The van der Waals surface area contributed by atoms with Crippen molar-refractivity contribution >= 4 is 46.7 Å². The number of halogens is 2. The van der Waals surface area contributed by atoms with Crippen LogP contribution < -0.4 is 10.5 Å². The maximum atomic E-state index is 12.6. The van der Waals surface area contributed by atoms with Gasteiger partial charge in [-0.3, -0.25) is 0 Å². The van der Waals surface area contributed by atoms with Crippen molar-refractivity contribution in [2.45, 2.75) is 74.6 Å². The predicted octanol–water partition coefficient (Wildman–Crippen LogP) is 11.3. The van der Waals surface area contributed by atoms with Crippen molar-refractivity contribution in [2.24, 2.45) is 11.8 Å². The summed E-state index contributed by atoms with van der Waals surface area (Å²) in [6.45, 7) is 13.3. The first-order chi connectivity index (χ1) is 25.0. The van der Waals surface area contributed by atoms with Crippen LogP contribution in [-0.2, 0) is 38.3 Å². The zero-order valence-electron chi connectivity index (χ0n) is 31.2. The van der Waals surface area contributed by atoms with Gasteiger partial charge in [0.05, 0.1) is 0 Å². The Morgan fingerprint density at radius 3 is 1.37 bits per heavy atom. The average Bonchev–Trinajstić information content (AvgIpc) is 3.70. The summed E-state index contributed by atoms with van der Waals surface area (Å²) in [6, 6.07) is 30.2. The summed E-state index contributed by atoms with van der Waals surface area (Å²) in [4.78, 5) is 25.1. The van der Waals surface area contributed by atoms with Gasteiger partial charge in [-0.1, -0.05) is 0 Å². The van der Waals surface area contributed by atoms with Crippen molar-refractivity contribution < 1.29 is 25.5 Å². The number of allylic oxidation sites excluding steroid dienone is 2. The van der Waals surface area contributed by atoms with Crippen molar-refractivity contribution in [1.82, 2.24) is 10.5 Å². The Hall–Kier alpha value is -3.18. The fourth-order valence-electron chi connectivity index (χ4n) is 9.18. The number of benzene rings is 4. The van der Waals surface area contributed by atoms with Gasteiger partial charge in [-0.15, -0.1) is 0 Å². The summed E-state index contributed by atoms with van der Waals surface area (Å²) in [5, 5.41) is 6.03. The topological polar surface area (TPSA) is 58.2 Å². The van der Waals surface area contributed by atoms with Gasteiger partial charge in [0.15, 0.2) is 0 Å². The fraction of sp³-hybridized carbons (Fsp3) is 0.318. The van der Waals surface area contributed by atoms with Crippen molar-refractivity contribution in [1.29, 1.82) is 0 Å². The Balaban J connectivity index is 1.70. The molecule has 0 spiro atoms. The number of hydrogen-bond donors (Lipinski definition) is 2. The fourth-order valence-corrected chi connectivity index (χ4v) is 38.7. The Morgan fingerprint density at radius 2 is 1.00 bits per heavy atom. The van der Waals surface area contributed by atoms with E-state index in [1.165, 1.54) is 33.4 Å². The molecule has 0 saturated heterocycles. The molecule has 52 heavy (non-hydrogen) atoms. The Kier molecular flexibility index (Phi) is 11.6.